The Labute approximate surface area is 146 Å². The van der Waals surface area contributed by atoms with Crippen molar-refractivity contribution in [3.63, 3.8) is 0 Å². The minimum Gasteiger partial charge on any atom is -0.355 e. The zero-order chi connectivity index (χ0) is 14.4. The van der Waals surface area contributed by atoms with E-state index in [1.807, 2.05) is 7.05 Å². The Morgan fingerprint density at radius 2 is 2.05 bits per heavy atom. The van der Waals surface area contributed by atoms with Gasteiger partial charge in [0.25, 0.3) is 0 Å². The van der Waals surface area contributed by atoms with E-state index in [2.05, 4.69) is 46.5 Å². The summed E-state index contributed by atoms with van der Waals surface area (Å²) in [5.41, 5.74) is 0. The number of likely N-dealkylation sites (tertiary alicyclic amines) is 1. The van der Waals surface area contributed by atoms with Crippen LogP contribution in [0.15, 0.2) is 17.1 Å². The van der Waals surface area contributed by atoms with Crippen LogP contribution in [-0.2, 0) is 0 Å². The zero-order valence-corrected chi connectivity index (χ0v) is 16.0. The molecule has 2 N–H and O–H groups in total. The lowest BCUT2D eigenvalue weighted by Crippen LogP contribution is -2.51. The Kier molecular flexibility index (Phi) is 8.63. The summed E-state index contributed by atoms with van der Waals surface area (Å²) in [6, 6.07) is 1.80. The van der Waals surface area contributed by atoms with Crippen LogP contribution < -0.4 is 10.6 Å². The molecule has 0 aromatic heterocycles. The van der Waals surface area contributed by atoms with Crippen molar-refractivity contribution < 1.29 is 0 Å². The van der Waals surface area contributed by atoms with E-state index in [9.17, 15) is 0 Å². The number of halogens is 1. The third-order valence-corrected chi connectivity index (χ3v) is 4.56. The van der Waals surface area contributed by atoms with Crippen molar-refractivity contribution in [3.8, 4) is 0 Å². The number of rotatable bonds is 4. The number of hydrogen-bond donors (Lipinski definition) is 2. The lowest BCUT2D eigenvalue weighted by Gasteiger charge is -2.38. The van der Waals surface area contributed by atoms with E-state index >= 15 is 0 Å². The van der Waals surface area contributed by atoms with E-state index in [1.54, 1.807) is 0 Å². The topological polar surface area (TPSA) is 39.7 Å². The molecule has 122 valence electrons. The van der Waals surface area contributed by atoms with Gasteiger partial charge >= 0.3 is 0 Å². The lowest BCUT2D eigenvalue weighted by molar-refractivity contribution is 0.115. The second-order valence-electron chi connectivity index (χ2n) is 6.17. The second kappa shape index (κ2) is 9.66. The van der Waals surface area contributed by atoms with Gasteiger partial charge in [0.15, 0.2) is 5.96 Å². The maximum atomic E-state index is 4.34. The summed E-state index contributed by atoms with van der Waals surface area (Å²) < 4.78 is 0. The SMILES string of the molecule is CN=C(NCC(C)N1CCCCC1C)NC1CC=CC1.I. The predicted molar refractivity (Wildman–Crippen MR) is 102 cm³/mol. The number of guanidine groups is 1. The van der Waals surface area contributed by atoms with Gasteiger partial charge in [-0.2, -0.15) is 0 Å². The average molecular weight is 406 g/mol. The summed E-state index contributed by atoms with van der Waals surface area (Å²) in [5, 5.41) is 6.98. The summed E-state index contributed by atoms with van der Waals surface area (Å²) in [7, 11) is 1.85. The van der Waals surface area contributed by atoms with E-state index in [4.69, 9.17) is 0 Å². The quantitative estimate of drug-likeness (QED) is 0.327. The molecule has 0 radical (unpaired) electrons. The van der Waals surface area contributed by atoms with Crippen molar-refractivity contribution in [1.29, 1.82) is 0 Å². The van der Waals surface area contributed by atoms with Crippen LogP contribution in [0.4, 0.5) is 0 Å². The standard InChI is InChI=1S/C16H30N4.HI/c1-13-8-6-7-11-20(13)14(2)12-18-16(17-3)19-15-9-4-5-10-15;/h4-5,13-15H,6-12H2,1-3H3,(H2,17,18,19);1H. The Balaban J connectivity index is 0.00000220. The maximum absolute atomic E-state index is 4.34. The van der Waals surface area contributed by atoms with Crippen molar-refractivity contribution in [2.75, 3.05) is 20.1 Å². The van der Waals surface area contributed by atoms with Crippen molar-refractivity contribution in [2.45, 2.75) is 64.1 Å². The molecule has 21 heavy (non-hydrogen) atoms. The molecule has 1 heterocycles. The molecule has 1 fully saturated rings. The number of nitrogens with one attached hydrogen (secondary N) is 2. The second-order valence-corrected chi connectivity index (χ2v) is 6.17. The molecule has 1 aliphatic carbocycles. The van der Waals surface area contributed by atoms with Crippen LogP contribution in [0.5, 0.6) is 0 Å². The van der Waals surface area contributed by atoms with Crippen molar-refractivity contribution in [3.05, 3.63) is 12.2 Å². The molecule has 2 unspecified atom stereocenters. The van der Waals surface area contributed by atoms with Crippen LogP contribution in [0.3, 0.4) is 0 Å². The van der Waals surface area contributed by atoms with Gasteiger partial charge in [-0.1, -0.05) is 18.6 Å². The Hall–Kier alpha value is -0.300. The first-order valence-electron chi connectivity index (χ1n) is 8.08. The normalized spacial score (nSPS) is 25.5. The largest absolute Gasteiger partial charge is 0.355 e. The molecule has 0 amide bonds. The van der Waals surface area contributed by atoms with Gasteiger partial charge in [-0.25, -0.2) is 0 Å². The highest BCUT2D eigenvalue weighted by molar-refractivity contribution is 14.0. The third kappa shape index (κ3) is 5.77. The van der Waals surface area contributed by atoms with Gasteiger partial charge in [0.1, 0.15) is 0 Å². The summed E-state index contributed by atoms with van der Waals surface area (Å²) in [6.07, 6.45) is 10.8. The van der Waals surface area contributed by atoms with Gasteiger partial charge in [-0.15, -0.1) is 24.0 Å². The molecule has 4 nitrogen and oxygen atoms in total. The van der Waals surface area contributed by atoms with Crippen LogP contribution >= 0.6 is 24.0 Å². The first-order chi connectivity index (χ1) is 9.70. The fourth-order valence-electron chi connectivity index (χ4n) is 3.26. The summed E-state index contributed by atoms with van der Waals surface area (Å²) in [5.74, 6) is 0.940. The fraction of sp³-hybridized carbons (Fsp3) is 0.812. The Morgan fingerprint density at radius 3 is 2.67 bits per heavy atom. The number of hydrogen-bond acceptors (Lipinski definition) is 2. The van der Waals surface area contributed by atoms with E-state index in [0.29, 0.717) is 12.1 Å². The average Bonchev–Trinajstić information content (AvgIpc) is 2.96. The number of aliphatic imine (C=N–C) groups is 1. The Morgan fingerprint density at radius 1 is 1.33 bits per heavy atom. The van der Waals surface area contributed by atoms with Crippen LogP contribution in [0.25, 0.3) is 0 Å². The first-order valence-corrected chi connectivity index (χ1v) is 8.08. The molecule has 0 aromatic rings. The minimum atomic E-state index is 0. The van der Waals surface area contributed by atoms with E-state index in [0.717, 1.165) is 31.4 Å². The molecule has 2 rings (SSSR count). The highest BCUT2D eigenvalue weighted by Gasteiger charge is 2.23. The van der Waals surface area contributed by atoms with Crippen LogP contribution in [0.1, 0.15) is 46.0 Å². The van der Waals surface area contributed by atoms with Crippen molar-refractivity contribution in [2.24, 2.45) is 4.99 Å². The molecule has 0 bridgehead atoms. The lowest BCUT2D eigenvalue weighted by atomic mass is 10.0. The van der Waals surface area contributed by atoms with E-state index < -0.39 is 0 Å². The molecule has 5 heteroatoms. The summed E-state index contributed by atoms with van der Waals surface area (Å²) >= 11 is 0. The van der Waals surface area contributed by atoms with E-state index in [1.165, 1.54) is 25.8 Å². The summed E-state index contributed by atoms with van der Waals surface area (Å²) in [4.78, 5) is 6.96. The minimum absolute atomic E-state index is 0. The zero-order valence-electron chi connectivity index (χ0n) is 13.6. The van der Waals surface area contributed by atoms with Gasteiger partial charge in [-0.3, -0.25) is 9.89 Å². The van der Waals surface area contributed by atoms with Crippen molar-refractivity contribution in [1.82, 2.24) is 15.5 Å². The summed E-state index contributed by atoms with van der Waals surface area (Å²) in [6.45, 7) is 6.87. The smallest absolute Gasteiger partial charge is 0.191 e. The fourth-order valence-corrected chi connectivity index (χ4v) is 3.26. The van der Waals surface area contributed by atoms with Crippen LogP contribution in [0, 0.1) is 0 Å². The van der Waals surface area contributed by atoms with Gasteiger partial charge in [0.2, 0.25) is 0 Å². The Bertz CT molecular complexity index is 348. The van der Waals surface area contributed by atoms with Gasteiger partial charge < -0.3 is 10.6 Å². The first kappa shape index (κ1) is 18.7. The molecular weight excluding hydrogens is 375 g/mol. The molecule has 0 spiro atoms. The van der Waals surface area contributed by atoms with E-state index in [-0.39, 0.29) is 24.0 Å². The highest BCUT2D eigenvalue weighted by Crippen LogP contribution is 2.18. The molecule has 0 saturated carbocycles. The van der Waals surface area contributed by atoms with Crippen LogP contribution in [0.2, 0.25) is 0 Å². The molecule has 1 aliphatic heterocycles. The number of nitrogens with zero attached hydrogens (tertiary/aromatic N) is 2. The highest BCUT2D eigenvalue weighted by atomic mass is 127. The molecular formula is C16H31IN4. The van der Waals surface area contributed by atoms with Crippen LogP contribution in [-0.4, -0.2) is 49.1 Å². The third-order valence-electron chi connectivity index (χ3n) is 4.56. The van der Waals surface area contributed by atoms with Gasteiger partial charge in [0, 0.05) is 31.7 Å². The van der Waals surface area contributed by atoms with Gasteiger partial charge in [0.05, 0.1) is 0 Å². The monoisotopic (exact) mass is 406 g/mol. The molecule has 1 saturated heterocycles. The molecule has 2 atom stereocenters. The maximum Gasteiger partial charge on any atom is 0.191 e. The molecule has 0 aromatic carbocycles. The van der Waals surface area contributed by atoms with Gasteiger partial charge in [-0.05, 0) is 46.1 Å². The van der Waals surface area contributed by atoms with Crippen molar-refractivity contribution >= 4 is 29.9 Å². The predicted octanol–water partition coefficient (Wildman–Crippen LogP) is 2.75. The molecule has 2 aliphatic rings. The number of piperidine rings is 1.